The van der Waals surface area contributed by atoms with Gasteiger partial charge in [-0.2, -0.15) is 0 Å². The van der Waals surface area contributed by atoms with E-state index in [1.165, 1.54) is 0 Å². The van der Waals surface area contributed by atoms with Crippen molar-refractivity contribution in [3.63, 3.8) is 0 Å². The molecule has 0 bridgehead atoms. The van der Waals surface area contributed by atoms with E-state index in [-0.39, 0.29) is 6.79 Å². The summed E-state index contributed by atoms with van der Waals surface area (Å²) in [6.45, 7) is 5.84. The first-order valence-corrected chi connectivity index (χ1v) is 6.53. The minimum atomic E-state index is -0.519. The maximum absolute atomic E-state index is 10.3. The average Bonchev–Trinajstić information content (AvgIpc) is 2.84. The summed E-state index contributed by atoms with van der Waals surface area (Å²) in [6, 6.07) is 2.25. The summed E-state index contributed by atoms with van der Waals surface area (Å²) < 4.78 is 16.4. The molecule has 2 heterocycles. The molecule has 104 valence electrons. The summed E-state index contributed by atoms with van der Waals surface area (Å²) in [5.74, 6) is 2.00. The van der Waals surface area contributed by atoms with E-state index in [0.717, 1.165) is 17.7 Å². The Morgan fingerprint density at radius 1 is 1.42 bits per heavy atom. The van der Waals surface area contributed by atoms with E-state index in [1.54, 1.807) is 7.11 Å². The Morgan fingerprint density at radius 2 is 2.21 bits per heavy atom. The normalized spacial score (nSPS) is 21.6. The summed E-state index contributed by atoms with van der Waals surface area (Å²) in [5.41, 5.74) is 1.89. The Kier molecular flexibility index (Phi) is 3.03. The van der Waals surface area contributed by atoms with Crippen LogP contribution in [-0.4, -0.2) is 36.5 Å². The van der Waals surface area contributed by atoms with Gasteiger partial charge in [-0.3, -0.25) is 4.90 Å². The van der Waals surface area contributed by atoms with Crippen molar-refractivity contribution in [3.8, 4) is 17.2 Å². The van der Waals surface area contributed by atoms with Crippen molar-refractivity contribution in [1.29, 1.82) is 0 Å². The molecule has 1 aromatic rings. The lowest BCUT2D eigenvalue weighted by Gasteiger charge is -2.35. The second kappa shape index (κ2) is 4.58. The van der Waals surface area contributed by atoms with E-state index >= 15 is 0 Å². The van der Waals surface area contributed by atoms with Gasteiger partial charge in [-0.25, -0.2) is 0 Å². The van der Waals surface area contributed by atoms with Gasteiger partial charge in [0.2, 0.25) is 12.5 Å². The number of methoxy groups -OCH3 is 1. The van der Waals surface area contributed by atoms with Crippen LogP contribution in [0.25, 0.3) is 0 Å². The predicted octanol–water partition coefficient (Wildman–Crippen LogP) is 1.68. The van der Waals surface area contributed by atoms with E-state index in [1.807, 2.05) is 6.07 Å². The average molecular weight is 265 g/mol. The third-order valence-electron chi connectivity index (χ3n) is 3.82. The number of nitrogens with zero attached hydrogens (tertiary/aromatic N) is 1. The van der Waals surface area contributed by atoms with E-state index in [9.17, 15) is 5.11 Å². The fourth-order valence-corrected chi connectivity index (χ4v) is 2.73. The molecule has 0 aliphatic carbocycles. The van der Waals surface area contributed by atoms with Gasteiger partial charge in [0, 0.05) is 24.7 Å². The molecule has 0 spiro atoms. The molecular formula is C14H19NO4. The second-order valence-corrected chi connectivity index (χ2v) is 5.25. The zero-order valence-corrected chi connectivity index (χ0v) is 11.5. The van der Waals surface area contributed by atoms with Gasteiger partial charge in [0.05, 0.1) is 13.2 Å². The number of ether oxygens (including phenoxy) is 3. The van der Waals surface area contributed by atoms with Gasteiger partial charge in [-0.15, -0.1) is 0 Å². The fraction of sp³-hybridized carbons (Fsp3) is 0.571. The summed E-state index contributed by atoms with van der Waals surface area (Å²) in [7, 11) is 1.62. The Hall–Kier alpha value is -1.46. The van der Waals surface area contributed by atoms with Gasteiger partial charge in [-0.05, 0) is 25.5 Å². The van der Waals surface area contributed by atoms with Crippen LogP contribution < -0.4 is 14.2 Å². The molecule has 5 heteroatoms. The number of benzene rings is 1. The molecule has 2 aliphatic rings. The third-order valence-corrected chi connectivity index (χ3v) is 3.82. The lowest BCUT2D eigenvalue weighted by molar-refractivity contribution is 0.0730. The molecule has 19 heavy (non-hydrogen) atoms. The lowest BCUT2D eigenvalue weighted by Crippen LogP contribution is -2.38. The molecule has 3 rings (SSSR count). The largest absolute Gasteiger partial charge is 0.492 e. The topological polar surface area (TPSA) is 51.2 Å². The fourth-order valence-electron chi connectivity index (χ4n) is 2.73. The molecule has 0 aromatic heterocycles. The molecule has 0 saturated carbocycles. The van der Waals surface area contributed by atoms with Crippen molar-refractivity contribution < 1.29 is 19.3 Å². The van der Waals surface area contributed by atoms with E-state index in [4.69, 9.17) is 14.2 Å². The highest BCUT2D eigenvalue weighted by molar-refractivity contribution is 5.61. The minimum Gasteiger partial charge on any atom is -0.492 e. The van der Waals surface area contributed by atoms with Crippen molar-refractivity contribution in [2.75, 3.05) is 20.4 Å². The number of β-amino-alcohol motifs (C(OH)–C–C–N with tert-alkyl or cyclic N) is 1. The van der Waals surface area contributed by atoms with Crippen LogP contribution in [0.3, 0.4) is 0 Å². The quantitative estimate of drug-likeness (QED) is 0.881. The number of fused-ring (bicyclic) bond motifs is 2. The molecule has 0 saturated heterocycles. The molecule has 1 atom stereocenters. The van der Waals surface area contributed by atoms with Crippen LogP contribution in [-0.2, 0) is 6.54 Å². The smallest absolute Gasteiger partial charge is 0.231 e. The van der Waals surface area contributed by atoms with Crippen LogP contribution in [0.5, 0.6) is 17.2 Å². The van der Waals surface area contributed by atoms with E-state index < -0.39 is 6.10 Å². The van der Waals surface area contributed by atoms with Crippen LogP contribution in [0.2, 0.25) is 0 Å². The maximum Gasteiger partial charge on any atom is 0.231 e. The van der Waals surface area contributed by atoms with E-state index in [2.05, 4.69) is 18.7 Å². The standard InChI is InChI=1S/C14H19NO4/c1-8(2)15-5-10-9(11(16)6-15)4-12-14(13(10)17-3)19-7-18-12/h4,8,11,16H,5-7H2,1-3H3/t11-/m1/s1. The van der Waals surface area contributed by atoms with Gasteiger partial charge in [-0.1, -0.05) is 0 Å². The minimum absolute atomic E-state index is 0.207. The van der Waals surface area contributed by atoms with Gasteiger partial charge < -0.3 is 19.3 Å². The number of rotatable bonds is 2. The first-order chi connectivity index (χ1) is 9.11. The van der Waals surface area contributed by atoms with Crippen molar-refractivity contribution in [2.45, 2.75) is 32.5 Å². The van der Waals surface area contributed by atoms with Gasteiger partial charge >= 0.3 is 0 Å². The summed E-state index contributed by atoms with van der Waals surface area (Å²) >= 11 is 0. The Morgan fingerprint density at radius 3 is 2.89 bits per heavy atom. The van der Waals surface area contributed by atoms with Gasteiger partial charge in [0.15, 0.2) is 11.5 Å². The predicted molar refractivity (Wildman–Crippen MR) is 69.6 cm³/mol. The zero-order valence-electron chi connectivity index (χ0n) is 11.5. The van der Waals surface area contributed by atoms with Crippen LogP contribution in [0.1, 0.15) is 31.1 Å². The summed E-state index contributed by atoms with van der Waals surface area (Å²) in [5, 5.41) is 10.3. The Balaban J connectivity index is 2.10. The summed E-state index contributed by atoms with van der Waals surface area (Å²) in [4.78, 5) is 2.22. The lowest BCUT2D eigenvalue weighted by atomic mass is 9.94. The number of aliphatic hydroxyl groups is 1. The highest BCUT2D eigenvalue weighted by Gasteiger charge is 2.33. The molecule has 1 N–H and O–H groups in total. The first kappa shape index (κ1) is 12.6. The molecule has 0 radical (unpaired) electrons. The Labute approximate surface area is 112 Å². The van der Waals surface area contributed by atoms with Gasteiger partial charge in [0.1, 0.15) is 0 Å². The van der Waals surface area contributed by atoms with Crippen LogP contribution in [0, 0.1) is 0 Å². The second-order valence-electron chi connectivity index (χ2n) is 5.25. The number of hydrogen-bond donors (Lipinski definition) is 1. The highest BCUT2D eigenvalue weighted by atomic mass is 16.7. The molecule has 0 fully saturated rings. The Bertz CT molecular complexity index is 501. The van der Waals surface area contributed by atoms with Crippen molar-refractivity contribution in [2.24, 2.45) is 0 Å². The van der Waals surface area contributed by atoms with Crippen LogP contribution in [0.15, 0.2) is 6.07 Å². The van der Waals surface area contributed by atoms with Crippen molar-refractivity contribution in [3.05, 3.63) is 17.2 Å². The molecule has 0 unspecified atom stereocenters. The molecule has 1 aromatic carbocycles. The SMILES string of the molecule is COc1c2c(cc3c1OCO3)[C@H](O)CN(C(C)C)C2. The number of aliphatic hydroxyl groups excluding tert-OH is 1. The first-order valence-electron chi connectivity index (χ1n) is 6.53. The van der Waals surface area contributed by atoms with Gasteiger partial charge in [0.25, 0.3) is 0 Å². The van der Waals surface area contributed by atoms with Crippen molar-refractivity contribution in [1.82, 2.24) is 4.90 Å². The molecule has 5 nitrogen and oxygen atoms in total. The highest BCUT2D eigenvalue weighted by Crippen LogP contribution is 2.48. The molecule has 0 amide bonds. The third kappa shape index (κ3) is 1.93. The zero-order chi connectivity index (χ0) is 13.6. The monoisotopic (exact) mass is 265 g/mol. The summed E-state index contributed by atoms with van der Waals surface area (Å²) in [6.07, 6.45) is -0.519. The van der Waals surface area contributed by atoms with Crippen LogP contribution >= 0.6 is 0 Å². The molecular weight excluding hydrogens is 246 g/mol. The number of hydrogen-bond acceptors (Lipinski definition) is 5. The van der Waals surface area contributed by atoms with E-state index in [0.29, 0.717) is 29.8 Å². The van der Waals surface area contributed by atoms with Crippen molar-refractivity contribution >= 4 is 0 Å². The maximum atomic E-state index is 10.3. The van der Waals surface area contributed by atoms with Crippen LogP contribution in [0.4, 0.5) is 0 Å². The molecule has 2 aliphatic heterocycles.